The van der Waals surface area contributed by atoms with Gasteiger partial charge in [-0.2, -0.15) is 12.6 Å². The summed E-state index contributed by atoms with van der Waals surface area (Å²) in [7, 11) is 3.18. The van der Waals surface area contributed by atoms with Gasteiger partial charge in [0.15, 0.2) is 5.75 Å². The molecule has 0 unspecified atom stereocenters. The molecule has 5 nitrogen and oxygen atoms in total. The summed E-state index contributed by atoms with van der Waals surface area (Å²) in [5, 5.41) is 9.34. The monoisotopic (exact) mass is 256 g/mol. The molecular formula is C11H16N2O3S. The number of hydrogen-bond donors (Lipinski definition) is 2. The second-order valence-corrected chi connectivity index (χ2v) is 4.07. The van der Waals surface area contributed by atoms with Crippen LogP contribution in [-0.2, 0) is 12.4 Å². The second-order valence-electron chi connectivity index (χ2n) is 3.76. The molecule has 0 aromatic carbocycles. The van der Waals surface area contributed by atoms with Crippen LogP contribution in [0.25, 0.3) is 0 Å². The lowest BCUT2D eigenvalue weighted by atomic mass is 10.1. The van der Waals surface area contributed by atoms with Crippen LogP contribution in [0.15, 0.2) is 6.20 Å². The number of rotatable bonds is 3. The maximum Gasteiger partial charge on any atom is 0.414 e. The number of pyridine rings is 1. The number of ether oxygens (including phenoxy) is 1. The Hall–Kier alpha value is -1.27. The molecule has 0 spiro atoms. The highest BCUT2D eigenvalue weighted by Crippen LogP contribution is 2.26. The van der Waals surface area contributed by atoms with Gasteiger partial charge in [-0.15, -0.1) is 0 Å². The van der Waals surface area contributed by atoms with Gasteiger partial charge in [0.05, 0.1) is 12.3 Å². The van der Waals surface area contributed by atoms with Gasteiger partial charge in [-0.1, -0.05) is 0 Å². The van der Waals surface area contributed by atoms with E-state index in [2.05, 4.69) is 17.6 Å². The number of aliphatic hydroxyl groups excluding tert-OH is 1. The zero-order valence-electron chi connectivity index (χ0n) is 10.1. The largest absolute Gasteiger partial charge is 0.414 e. The van der Waals surface area contributed by atoms with Crippen LogP contribution in [0.2, 0.25) is 0 Å². The Bertz CT molecular complexity index is 421. The van der Waals surface area contributed by atoms with E-state index in [1.165, 1.54) is 4.90 Å². The molecule has 0 aliphatic rings. The molecule has 0 saturated heterocycles. The molecule has 17 heavy (non-hydrogen) atoms. The van der Waals surface area contributed by atoms with Gasteiger partial charge in [0.25, 0.3) is 0 Å². The first-order valence-electron chi connectivity index (χ1n) is 5.09. The minimum atomic E-state index is -0.499. The summed E-state index contributed by atoms with van der Waals surface area (Å²) in [6.45, 7) is 1.51. The molecule has 1 aromatic rings. The van der Waals surface area contributed by atoms with Crippen LogP contribution in [0.5, 0.6) is 5.75 Å². The SMILES string of the molecule is Cc1ncc(CS)c(CO)c1OC(=O)N(C)C. The van der Waals surface area contributed by atoms with Gasteiger partial charge in [-0.05, 0) is 12.5 Å². The summed E-state index contributed by atoms with van der Waals surface area (Å²) in [5.74, 6) is 0.744. The number of amides is 1. The van der Waals surface area contributed by atoms with Crippen molar-refractivity contribution in [3.8, 4) is 5.75 Å². The van der Waals surface area contributed by atoms with Crippen LogP contribution < -0.4 is 4.74 Å². The van der Waals surface area contributed by atoms with Crippen molar-refractivity contribution < 1.29 is 14.6 Å². The Morgan fingerprint density at radius 2 is 2.24 bits per heavy atom. The molecule has 6 heteroatoms. The minimum absolute atomic E-state index is 0.213. The molecule has 1 heterocycles. The average Bonchev–Trinajstić information content (AvgIpc) is 2.31. The molecule has 1 N–H and O–H groups in total. The first-order chi connectivity index (χ1) is 8.01. The summed E-state index contributed by atoms with van der Waals surface area (Å²) in [4.78, 5) is 16.9. The van der Waals surface area contributed by atoms with Crippen molar-refractivity contribution in [2.45, 2.75) is 19.3 Å². The third-order valence-corrected chi connectivity index (χ3v) is 2.63. The number of aryl methyl sites for hydroxylation is 1. The summed E-state index contributed by atoms with van der Waals surface area (Å²) in [5.41, 5.74) is 1.88. The Balaban J connectivity index is 3.16. The Morgan fingerprint density at radius 3 is 2.71 bits per heavy atom. The van der Waals surface area contributed by atoms with Crippen molar-refractivity contribution in [2.75, 3.05) is 14.1 Å². The molecule has 1 aromatic heterocycles. The molecule has 1 amide bonds. The fourth-order valence-electron chi connectivity index (χ4n) is 1.30. The molecule has 0 fully saturated rings. The van der Waals surface area contributed by atoms with Gasteiger partial charge >= 0.3 is 6.09 Å². The summed E-state index contributed by atoms with van der Waals surface area (Å²) in [6.07, 6.45) is 1.13. The fraction of sp³-hybridized carbons (Fsp3) is 0.455. The van der Waals surface area contributed by atoms with Crippen LogP contribution in [-0.4, -0.2) is 35.2 Å². The number of aliphatic hydroxyl groups is 1. The van der Waals surface area contributed by atoms with E-state index < -0.39 is 6.09 Å². The topological polar surface area (TPSA) is 62.7 Å². The highest BCUT2D eigenvalue weighted by Gasteiger charge is 2.16. The maximum atomic E-state index is 11.5. The lowest BCUT2D eigenvalue weighted by molar-refractivity contribution is 0.169. The van der Waals surface area contributed by atoms with Crippen LogP contribution in [0, 0.1) is 6.92 Å². The Morgan fingerprint density at radius 1 is 1.59 bits per heavy atom. The highest BCUT2D eigenvalue weighted by molar-refractivity contribution is 7.79. The standard InChI is InChI=1S/C11H16N2O3S/c1-7-10(16-11(15)13(2)3)9(5-14)8(6-17)4-12-7/h4,14,17H,5-6H2,1-3H3. The number of carbonyl (C=O) groups is 1. The zero-order valence-corrected chi connectivity index (χ0v) is 11.0. The Kier molecular flexibility index (Phi) is 4.77. The molecule has 0 saturated carbocycles. The number of aromatic nitrogens is 1. The smallest absolute Gasteiger partial charge is 0.408 e. The maximum absolute atomic E-state index is 11.5. The lowest BCUT2D eigenvalue weighted by Crippen LogP contribution is -2.26. The van der Waals surface area contributed by atoms with E-state index in [1.54, 1.807) is 27.2 Å². The number of hydrogen-bond acceptors (Lipinski definition) is 5. The van der Waals surface area contributed by atoms with E-state index in [4.69, 9.17) is 4.74 Å². The van der Waals surface area contributed by atoms with E-state index in [0.29, 0.717) is 22.8 Å². The molecule has 0 aliphatic carbocycles. The van der Waals surface area contributed by atoms with Gasteiger partial charge in [0.2, 0.25) is 0 Å². The number of nitrogens with zero attached hydrogens (tertiary/aromatic N) is 2. The quantitative estimate of drug-likeness (QED) is 0.802. The van der Waals surface area contributed by atoms with E-state index in [9.17, 15) is 9.90 Å². The van der Waals surface area contributed by atoms with Gasteiger partial charge in [0.1, 0.15) is 0 Å². The normalized spacial score (nSPS) is 10.2. The molecular weight excluding hydrogens is 240 g/mol. The third-order valence-electron chi connectivity index (χ3n) is 2.29. The average molecular weight is 256 g/mol. The van der Waals surface area contributed by atoms with E-state index in [1.807, 2.05) is 0 Å². The van der Waals surface area contributed by atoms with Crippen molar-refractivity contribution in [3.05, 3.63) is 23.0 Å². The predicted octanol–water partition coefficient (Wildman–Crippen LogP) is 1.37. The van der Waals surface area contributed by atoms with Gasteiger partial charge < -0.3 is 14.7 Å². The summed E-state index contributed by atoms with van der Waals surface area (Å²) >= 11 is 4.14. The number of thiol groups is 1. The van der Waals surface area contributed by atoms with Crippen LogP contribution in [0.4, 0.5) is 4.79 Å². The van der Waals surface area contributed by atoms with Crippen LogP contribution in [0.3, 0.4) is 0 Å². The van der Waals surface area contributed by atoms with Crippen molar-refractivity contribution in [3.63, 3.8) is 0 Å². The van der Waals surface area contributed by atoms with Crippen molar-refractivity contribution in [1.82, 2.24) is 9.88 Å². The van der Waals surface area contributed by atoms with Gasteiger partial charge in [0, 0.05) is 31.6 Å². The Labute approximate surface area is 106 Å². The van der Waals surface area contributed by atoms with Crippen LogP contribution >= 0.6 is 12.6 Å². The van der Waals surface area contributed by atoms with Gasteiger partial charge in [-0.3, -0.25) is 4.98 Å². The highest BCUT2D eigenvalue weighted by atomic mass is 32.1. The van der Waals surface area contributed by atoms with Crippen molar-refractivity contribution >= 4 is 18.7 Å². The number of carbonyl (C=O) groups excluding carboxylic acids is 1. The van der Waals surface area contributed by atoms with Crippen molar-refractivity contribution in [2.24, 2.45) is 0 Å². The van der Waals surface area contributed by atoms with E-state index >= 15 is 0 Å². The zero-order chi connectivity index (χ0) is 13.0. The fourth-order valence-corrected chi connectivity index (χ4v) is 1.57. The van der Waals surface area contributed by atoms with E-state index in [0.717, 1.165) is 5.56 Å². The third kappa shape index (κ3) is 3.10. The lowest BCUT2D eigenvalue weighted by Gasteiger charge is -2.16. The van der Waals surface area contributed by atoms with Gasteiger partial charge in [-0.25, -0.2) is 4.79 Å². The first-order valence-corrected chi connectivity index (χ1v) is 5.72. The molecule has 1 rings (SSSR count). The molecule has 94 valence electrons. The molecule has 0 aliphatic heterocycles. The molecule has 0 radical (unpaired) electrons. The predicted molar refractivity (Wildman–Crippen MR) is 67.3 cm³/mol. The first kappa shape index (κ1) is 13.8. The molecule has 0 bridgehead atoms. The van der Waals surface area contributed by atoms with E-state index in [-0.39, 0.29) is 6.61 Å². The van der Waals surface area contributed by atoms with Crippen molar-refractivity contribution in [1.29, 1.82) is 0 Å². The second kappa shape index (κ2) is 5.88. The summed E-state index contributed by atoms with van der Waals surface area (Å²) in [6, 6.07) is 0. The molecule has 0 atom stereocenters. The minimum Gasteiger partial charge on any atom is -0.408 e. The summed E-state index contributed by atoms with van der Waals surface area (Å²) < 4.78 is 5.20. The van der Waals surface area contributed by atoms with Crippen LogP contribution in [0.1, 0.15) is 16.8 Å².